The first kappa shape index (κ1) is 8.31. The van der Waals surface area contributed by atoms with Crippen LogP contribution in [0.25, 0.3) is 11.4 Å². The van der Waals surface area contributed by atoms with Crippen LogP contribution in [0, 0.1) is 0 Å². The van der Waals surface area contributed by atoms with Gasteiger partial charge < -0.3 is 0 Å². The summed E-state index contributed by atoms with van der Waals surface area (Å²) in [6, 6.07) is 5.58. The Morgan fingerprint density at radius 2 is 2.08 bits per heavy atom. The molecule has 2 aromatic heterocycles. The molecule has 0 atom stereocenters. The van der Waals surface area contributed by atoms with E-state index in [0.717, 1.165) is 10.2 Å². The Kier molecular flexibility index (Phi) is 2.31. The van der Waals surface area contributed by atoms with Crippen LogP contribution < -0.4 is 0 Å². The van der Waals surface area contributed by atoms with Gasteiger partial charge in [-0.2, -0.15) is 0 Å². The van der Waals surface area contributed by atoms with Crippen LogP contribution in [-0.4, -0.2) is 15.0 Å². The minimum Gasteiger partial charge on any atom is -0.264 e. The van der Waals surface area contributed by atoms with Crippen LogP contribution in [0.5, 0.6) is 0 Å². The lowest BCUT2D eigenvalue weighted by atomic mass is 10.3. The molecule has 4 heteroatoms. The minimum atomic E-state index is 0.683. The highest BCUT2D eigenvalue weighted by atomic mass is 79.9. The lowest BCUT2D eigenvalue weighted by Crippen LogP contribution is -1.88. The van der Waals surface area contributed by atoms with E-state index in [0.29, 0.717) is 5.82 Å². The van der Waals surface area contributed by atoms with E-state index in [-0.39, 0.29) is 0 Å². The average molecular weight is 236 g/mol. The fraction of sp³-hybridized carbons (Fsp3) is 0. The van der Waals surface area contributed by atoms with Crippen LogP contribution >= 0.6 is 15.9 Å². The number of nitrogens with zero attached hydrogens (tertiary/aromatic N) is 3. The van der Waals surface area contributed by atoms with E-state index >= 15 is 0 Å². The molecule has 0 unspecified atom stereocenters. The molecular weight excluding hydrogens is 230 g/mol. The Bertz CT molecular complexity index is 403. The van der Waals surface area contributed by atoms with Gasteiger partial charge in [0.25, 0.3) is 0 Å². The molecule has 2 rings (SSSR count). The zero-order valence-corrected chi connectivity index (χ0v) is 8.27. The summed E-state index contributed by atoms with van der Waals surface area (Å²) in [7, 11) is 0. The first-order valence-electron chi connectivity index (χ1n) is 3.75. The maximum Gasteiger partial charge on any atom is 0.161 e. The van der Waals surface area contributed by atoms with Crippen LogP contribution in [-0.2, 0) is 0 Å². The van der Waals surface area contributed by atoms with E-state index in [1.165, 1.54) is 0 Å². The predicted molar refractivity (Wildman–Crippen MR) is 53.0 cm³/mol. The molecule has 0 aromatic carbocycles. The SMILES string of the molecule is Brc1ccnc(-c2cccnc2)n1. The van der Waals surface area contributed by atoms with Crippen molar-refractivity contribution in [2.45, 2.75) is 0 Å². The maximum atomic E-state index is 4.21. The van der Waals surface area contributed by atoms with E-state index in [1.54, 1.807) is 24.7 Å². The quantitative estimate of drug-likeness (QED) is 0.713. The van der Waals surface area contributed by atoms with Gasteiger partial charge in [-0.3, -0.25) is 4.98 Å². The molecule has 0 N–H and O–H groups in total. The highest BCUT2D eigenvalue weighted by molar-refractivity contribution is 9.10. The first-order valence-corrected chi connectivity index (χ1v) is 4.54. The van der Waals surface area contributed by atoms with Gasteiger partial charge in [-0.15, -0.1) is 0 Å². The Morgan fingerprint density at radius 1 is 1.15 bits per heavy atom. The Hall–Kier alpha value is -1.29. The van der Waals surface area contributed by atoms with Gasteiger partial charge in [0, 0.05) is 24.2 Å². The largest absolute Gasteiger partial charge is 0.264 e. The molecule has 0 aliphatic carbocycles. The monoisotopic (exact) mass is 235 g/mol. The van der Waals surface area contributed by atoms with Gasteiger partial charge in [0.2, 0.25) is 0 Å². The van der Waals surface area contributed by atoms with Crippen molar-refractivity contribution in [1.82, 2.24) is 15.0 Å². The number of aromatic nitrogens is 3. The van der Waals surface area contributed by atoms with Crippen molar-refractivity contribution in [3.63, 3.8) is 0 Å². The average Bonchev–Trinajstić information content (AvgIpc) is 2.19. The molecule has 0 bridgehead atoms. The van der Waals surface area contributed by atoms with E-state index in [1.807, 2.05) is 12.1 Å². The molecule has 0 spiro atoms. The molecule has 64 valence electrons. The summed E-state index contributed by atoms with van der Waals surface area (Å²) in [5, 5.41) is 0. The lowest BCUT2D eigenvalue weighted by Gasteiger charge is -1.97. The third-order valence-electron chi connectivity index (χ3n) is 1.54. The van der Waals surface area contributed by atoms with Crippen molar-refractivity contribution in [1.29, 1.82) is 0 Å². The molecule has 13 heavy (non-hydrogen) atoms. The third-order valence-corrected chi connectivity index (χ3v) is 1.98. The van der Waals surface area contributed by atoms with Gasteiger partial charge in [0.05, 0.1) is 0 Å². The van der Waals surface area contributed by atoms with Crippen LogP contribution in [0.4, 0.5) is 0 Å². The summed E-state index contributed by atoms with van der Waals surface area (Å²) in [4.78, 5) is 12.3. The van der Waals surface area contributed by atoms with Gasteiger partial charge in [-0.1, -0.05) is 0 Å². The highest BCUT2D eigenvalue weighted by Gasteiger charge is 1.99. The van der Waals surface area contributed by atoms with Gasteiger partial charge in [0.1, 0.15) is 4.60 Å². The molecule has 3 nitrogen and oxygen atoms in total. The first-order chi connectivity index (χ1) is 6.36. The Balaban J connectivity index is 2.48. The van der Waals surface area contributed by atoms with Crippen molar-refractivity contribution in [3.8, 4) is 11.4 Å². The lowest BCUT2D eigenvalue weighted by molar-refractivity contribution is 1.14. The maximum absolute atomic E-state index is 4.21. The number of rotatable bonds is 1. The molecule has 2 aromatic rings. The molecule has 0 aliphatic heterocycles. The summed E-state index contributed by atoms with van der Waals surface area (Å²) >= 11 is 3.29. The van der Waals surface area contributed by atoms with E-state index in [9.17, 15) is 0 Å². The van der Waals surface area contributed by atoms with E-state index in [4.69, 9.17) is 0 Å². The van der Waals surface area contributed by atoms with Crippen LogP contribution in [0.2, 0.25) is 0 Å². The third kappa shape index (κ3) is 1.89. The van der Waals surface area contributed by atoms with Gasteiger partial charge in [-0.25, -0.2) is 9.97 Å². The Labute approximate surface area is 84.0 Å². The zero-order chi connectivity index (χ0) is 9.10. The van der Waals surface area contributed by atoms with Gasteiger partial charge in [-0.05, 0) is 34.1 Å². The van der Waals surface area contributed by atoms with Gasteiger partial charge in [0.15, 0.2) is 5.82 Å². The molecule has 0 radical (unpaired) electrons. The standard InChI is InChI=1S/C9H6BrN3/c10-8-3-5-12-9(13-8)7-2-1-4-11-6-7/h1-6H. The molecule has 0 fully saturated rings. The summed E-state index contributed by atoms with van der Waals surface area (Å²) < 4.78 is 0.779. The molecule has 0 saturated carbocycles. The Morgan fingerprint density at radius 3 is 2.77 bits per heavy atom. The number of pyridine rings is 1. The topological polar surface area (TPSA) is 38.7 Å². The predicted octanol–water partition coefficient (Wildman–Crippen LogP) is 2.30. The second kappa shape index (κ2) is 3.62. The summed E-state index contributed by atoms with van der Waals surface area (Å²) in [5.41, 5.74) is 0.920. The smallest absolute Gasteiger partial charge is 0.161 e. The normalized spacial score (nSPS) is 9.92. The number of halogens is 1. The van der Waals surface area contributed by atoms with Crippen LogP contribution in [0.1, 0.15) is 0 Å². The molecule has 2 heterocycles. The number of hydrogen-bond donors (Lipinski definition) is 0. The van der Waals surface area contributed by atoms with Gasteiger partial charge >= 0.3 is 0 Å². The fourth-order valence-corrected chi connectivity index (χ4v) is 1.26. The van der Waals surface area contributed by atoms with Crippen molar-refractivity contribution in [2.24, 2.45) is 0 Å². The van der Waals surface area contributed by atoms with Crippen molar-refractivity contribution in [2.75, 3.05) is 0 Å². The number of hydrogen-bond acceptors (Lipinski definition) is 3. The second-order valence-corrected chi connectivity index (χ2v) is 3.26. The minimum absolute atomic E-state index is 0.683. The molecule has 0 saturated heterocycles. The van der Waals surface area contributed by atoms with Crippen molar-refractivity contribution < 1.29 is 0 Å². The molecular formula is C9H6BrN3. The fourth-order valence-electron chi connectivity index (χ4n) is 0.971. The highest BCUT2D eigenvalue weighted by Crippen LogP contribution is 2.14. The van der Waals surface area contributed by atoms with Crippen molar-refractivity contribution in [3.05, 3.63) is 41.4 Å². The summed E-state index contributed by atoms with van der Waals surface area (Å²) in [6.45, 7) is 0. The van der Waals surface area contributed by atoms with Crippen molar-refractivity contribution >= 4 is 15.9 Å². The summed E-state index contributed by atoms with van der Waals surface area (Å²) in [5.74, 6) is 0.683. The van der Waals surface area contributed by atoms with Crippen LogP contribution in [0.3, 0.4) is 0 Å². The summed E-state index contributed by atoms with van der Waals surface area (Å²) in [6.07, 6.45) is 5.17. The molecule has 0 amide bonds. The van der Waals surface area contributed by atoms with E-state index < -0.39 is 0 Å². The zero-order valence-electron chi connectivity index (χ0n) is 6.68. The second-order valence-electron chi connectivity index (χ2n) is 2.44. The van der Waals surface area contributed by atoms with Crippen LogP contribution in [0.15, 0.2) is 41.4 Å². The van der Waals surface area contributed by atoms with E-state index in [2.05, 4.69) is 30.9 Å². The molecule has 0 aliphatic rings.